The Balaban J connectivity index is 1.92. The molecule has 0 atom stereocenters. The van der Waals surface area contributed by atoms with Crippen LogP contribution in [0.3, 0.4) is 0 Å². The van der Waals surface area contributed by atoms with Gasteiger partial charge in [-0.2, -0.15) is 0 Å². The van der Waals surface area contributed by atoms with E-state index < -0.39 is 0 Å². The molecule has 0 unspecified atom stereocenters. The number of nitrogens with one attached hydrogen (secondary N) is 1. The normalized spacial score (nSPS) is 22.7. The summed E-state index contributed by atoms with van der Waals surface area (Å²) >= 11 is 3.75. The van der Waals surface area contributed by atoms with Gasteiger partial charge in [-0.05, 0) is 62.4 Å². The molecular formula is C18H29BrN2. The lowest BCUT2D eigenvalue weighted by Gasteiger charge is -2.33. The Hall–Kier alpha value is -0.380. The van der Waals surface area contributed by atoms with Crippen molar-refractivity contribution in [3.05, 3.63) is 33.8 Å². The molecule has 0 heterocycles. The maximum absolute atomic E-state index is 3.75. The minimum absolute atomic E-state index is 0.759. The molecule has 0 radical (unpaired) electrons. The Morgan fingerprint density at radius 3 is 2.57 bits per heavy atom. The number of rotatable bonds is 6. The number of halogens is 1. The average Bonchev–Trinajstić information content (AvgIpc) is 2.48. The lowest BCUT2D eigenvalue weighted by Crippen LogP contribution is -2.34. The number of nitrogens with zero attached hydrogens (tertiary/aromatic N) is 1. The highest BCUT2D eigenvalue weighted by molar-refractivity contribution is 9.10. The fraction of sp³-hybridized carbons (Fsp3) is 0.667. The van der Waals surface area contributed by atoms with Crippen LogP contribution in [-0.4, -0.2) is 24.5 Å². The Kier molecular flexibility index (Phi) is 6.72. The highest BCUT2D eigenvalue weighted by atomic mass is 79.9. The molecule has 1 aliphatic rings. The van der Waals surface area contributed by atoms with E-state index >= 15 is 0 Å². The summed E-state index contributed by atoms with van der Waals surface area (Å²) in [5, 5.41) is 3.38. The summed E-state index contributed by atoms with van der Waals surface area (Å²) in [4.78, 5) is 2.54. The van der Waals surface area contributed by atoms with Crippen LogP contribution in [0.4, 0.5) is 0 Å². The predicted octanol–water partition coefficient (Wildman–Crippen LogP) is 4.57. The molecule has 0 amide bonds. The summed E-state index contributed by atoms with van der Waals surface area (Å²) in [5.41, 5.74) is 2.75. The molecule has 0 bridgehead atoms. The van der Waals surface area contributed by atoms with Crippen molar-refractivity contribution in [1.29, 1.82) is 0 Å². The minimum Gasteiger partial charge on any atom is -0.313 e. The lowest BCUT2D eigenvalue weighted by atomic mass is 9.86. The molecule has 0 aromatic heterocycles. The van der Waals surface area contributed by atoms with Crippen molar-refractivity contribution in [1.82, 2.24) is 10.2 Å². The topological polar surface area (TPSA) is 15.3 Å². The molecule has 118 valence electrons. The van der Waals surface area contributed by atoms with Gasteiger partial charge in [-0.25, -0.2) is 0 Å². The van der Waals surface area contributed by atoms with Crippen molar-refractivity contribution >= 4 is 15.9 Å². The third kappa shape index (κ3) is 5.08. The van der Waals surface area contributed by atoms with E-state index in [9.17, 15) is 0 Å². The Morgan fingerprint density at radius 1 is 1.24 bits per heavy atom. The second-order valence-electron chi connectivity index (χ2n) is 6.53. The second kappa shape index (κ2) is 8.30. The number of benzene rings is 1. The van der Waals surface area contributed by atoms with Crippen LogP contribution < -0.4 is 5.32 Å². The maximum Gasteiger partial charge on any atom is 0.0244 e. The SMILES string of the molecule is CCNCc1ccc(CN(C)C2CCC(C)CC2)c(Br)c1. The first-order valence-corrected chi connectivity index (χ1v) is 9.07. The molecule has 1 N–H and O–H groups in total. The number of hydrogen-bond acceptors (Lipinski definition) is 2. The van der Waals surface area contributed by atoms with Gasteiger partial charge in [0, 0.05) is 23.6 Å². The molecule has 1 aliphatic carbocycles. The van der Waals surface area contributed by atoms with Crippen molar-refractivity contribution < 1.29 is 0 Å². The fourth-order valence-electron chi connectivity index (χ4n) is 3.18. The molecule has 1 fully saturated rings. The van der Waals surface area contributed by atoms with Crippen molar-refractivity contribution in [2.24, 2.45) is 5.92 Å². The van der Waals surface area contributed by atoms with Gasteiger partial charge in [0.1, 0.15) is 0 Å². The van der Waals surface area contributed by atoms with Crippen LogP contribution in [0.1, 0.15) is 50.7 Å². The minimum atomic E-state index is 0.759. The van der Waals surface area contributed by atoms with E-state index in [1.54, 1.807) is 0 Å². The summed E-state index contributed by atoms with van der Waals surface area (Å²) < 4.78 is 1.24. The molecule has 0 spiro atoms. The highest BCUT2D eigenvalue weighted by Crippen LogP contribution is 2.28. The van der Waals surface area contributed by atoms with Gasteiger partial charge in [0.05, 0.1) is 0 Å². The quantitative estimate of drug-likeness (QED) is 0.806. The average molecular weight is 353 g/mol. The third-order valence-electron chi connectivity index (χ3n) is 4.73. The van der Waals surface area contributed by atoms with Crippen LogP contribution in [0.15, 0.2) is 22.7 Å². The highest BCUT2D eigenvalue weighted by Gasteiger charge is 2.22. The predicted molar refractivity (Wildman–Crippen MR) is 94.4 cm³/mol. The van der Waals surface area contributed by atoms with E-state index in [-0.39, 0.29) is 0 Å². The standard InChI is InChI=1S/C18H29BrN2/c1-4-20-12-15-7-8-16(18(19)11-15)13-21(3)17-9-5-14(2)6-10-17/h7-8,11,14,17,20H,4-6,9-10,12-13H2,1-3H3. The zero-order valence-electron chi connectivity index (χ0n) is 13.7. The van der Waals surface area contributed by atoms with Gasteiger partial charge in [-0.1, -0.05) is 41.9 Å². The van der Waals surface area contributed by atoms with Crippen LogP contribution in [0, 0.1) is 5.92 Å². The Labute approximate surface area is 138 Å². The van der Waals surface area contributed by atoms with Crippen LogP contribution >= 0.6 is 15.9 Å². The van der Waals surface area contributed by atoms with E-state index in [2.05, 4.69) is 65.2 Å². The first-order chi connectivity index (χ1) is 10.1. The molecule has 3 heteroatoms. The van der Waals surface area contributed by atoms with Crippen molar-refractivity contribution in [2.45, 2.75) is 58.7 Å². The van der Waals surface area contributed by atoms with E-state index in [1.807, 2.05) is 0 Å². The first-order valence-electron chi connectivity index (χ1n) is 8.28. The molecule has 1 aromatic carbocycles. The van der Waals surface area contributed by atoms with Gasteiger partial charge in [-0.3, -0.25) is 4.90 Å². The summed E-state index contributed by atoms with van der Waals surface area (Å²) in [6.45, 7) is 7.54. The maximum atomic E-state index is 3.75. The molecule has 1 saturated carbocycles. The van der Waals surface area contributed by atoms with E-state index in [4.69, 9.17) is 0 Å². The Bertz CT molecular complexity index is 439. The number of hydrogen-bond donors (Lipinski definition) is 1. The monoisotopic (exact) mass is 352 g/mol. The van der Waals surface area contributed by atoms with Crippen LogP contribution in [0.25, 0.3) is 0 Å². The van der Waals surface area contributed by atoms with Gasteiger partial charge in [0.2, 0.25) is 0 Å². The van der Waals surface area contributed by atoms with Gasteiger partial charge in [-0.15, -0.1) is 0 Å². The first kappa shape index (κ1) is 17.0. The van der Waals surface area contributed by atoms with Gasteiger partial charge in [0.25, 0.3) is 0 Å². The zero-order valence-corrected chi connectivity index (χ0v) is 15.2. The van der Waals surface area contributed by atoms with Crippen LogP contribution in [0.2, 0.25) is 0 Å². The van der Waals surface area contributed by atoms with E-state index in [1.165, 1.54) is 41.3 Å². The molecule has 0 saturated heterocycles. The van der Waals surface area contributed by atoms with Gasteiger partial charge < -0.3 is 5.32 Å². The summed E-state index contributed by atoms with van der Waals surface area (Å²) in [5.74, 6) is 0.923. The van der Waals surface area contributed by atoms with Crippen molar-refractivity contribution in [3.8, 4) is 0 Å². The molecule has 2 nitrogen and oxygen atoms in total. The third-order valence-corrected chi connectivity index (χ3v) is 5.46. The molecule has 21 heavy (non-hydrogen) atoms. The zero-order chi connectivity index (χ0) is 15.2. The summed E-state index contributed by atoms with van der Waals surface area (Å²) in [6.07, 6.45) is 5.48. The smallest absolute Gasteiger partial charge is 0.0244 e. The fourth-order valence-corrected chi connectivity index (χ4v) is 3.73. The molecule has 2 rings (SSSR count). The molecule has 1 aromatic rings. The van der Waals surface area contributed by atoms with E-state index in [0.29, 0.717) is 0 Å². The van der Waals surface area contributed by atoms with Crippen LogP contribution in [-0.2, 0) is 13.1 Å². The molecule has 0 aliphatic heterocycles. The van der Waals surface area contributed by atoms with Crippen LogP contribution in [0.5, 0.6) is 0 Å². The van der Waals surface area contributed by atoms with Crippen molar-refractivity contribution in [2.75, 3.05) is 13.6 Å². The van der Waals surface area contributed by atoms with E-state index in [0.717, 1.165) is 31.6 Å². The summed E-state index contributed by atoms with van der Waals surface area (Å²) in [7, 11) is 2.28. The van der Waals surface area contributed by atoms with Gasteiger partial charge >= 0.3 is 0 Å². The Morgan fingerprint density at radius 2 is 1.95 bits per heavy atom. The largest absolute Gasteiger partial charge is 0.313 e. The second-order valence-corrected chi connectivity index (χ2v) is 7.39. The molecular weight excluding hydrogens is 324 g/mol. The lowest BCUT2D eigenvalue weighted by molar-refractivity contribution is 0.163. The van der Waals surface area contributed by atoms with Gasteiger partial charge in [0.15, 0.2) is 0 Å². The summed E-state index contributed by atoms with van der Waals surface area (Å²) in [6, 6.07) is 7.54. The van der Waals surface area contributed by atoms with Crippen molar-refractivity contribution in [3.63, 3.8) is 0 Å².